The summed E-state index contributed by atoms with van der Waals surface area (Å²) in [5.74, 6) is 0.934. The molecule has 1 atom stereocenters. The van der Waals surface area contributed by atoms with E-state index in [0.717, 1.165) is 6.42 Å². The quantitative estimate of drug-likeness (QED) is 0.183. The van der Waals surface area contributed by atoms with Gasteiger partial charge in [0.15, 0.2) is 23.0 Å². The van der Waals surface area contributed by atoms with Crippen LogP contribution in [-0.2, 0) is 16.1 Å². The maximum Gasteiger partial charge on any atom is 0.295 e. The molecule has 5 rings (SSSR count). The third-order valence-electron chi connectivity index (χ3n) is 7.27. The van der Waals surface area contributed by atoms with Crippen molar-refractivity contribution < 1.29 is 33.6 Å². The summed E-state index contributed by atoms with van der Waals surface area (Å²) in [7, 11) is 0. The van der Waals surface area contributed by atoms with Crippen molar-refractivity contribution in [2.24, 2.45) is 5.92 Å². The van der Waals surface area contributed by atoms with Gasteiger partial charge in [-0.1, -0.05) is 19.9 Å². The van der Waals surface area contributed by atoms with Crippen molar-refractivity contribution in [1.82, 2.24) is 14.5 Å². The molecule has 2 aliphatic rings. The van der Waals surface area contributed by atoms with Gasteiger partial charge in [0.05, 0.1) is 31.2 Å². The van der Waals surface area contributed by atoms with Crippen LogP contribution in [0.3, 0.4) is 0 Å². The van der Waals surface area contributed by atoms with Gasteiger partial charge in [0, 0.05) is 31.0 Å². The first kappa shape index (κ1) is 29.0. The monoisotopic (exact) mass is 575 g/mol. The molecule has 1 N–H and O–H groups in total. The fourth-order valence-electron chi connectivity index (χ4n) is 5.13. The van der Waals surface area contributed by atoms with Crippen molar-refractivity contribution >= 4 is 17.4 Å². The zero-order valence-electron chi connectivity index (χ0n) is 24.2. The zero-order chi connectivity index (χ0) is 29.6. The summed E-state index contributed by atoms with van der Waals surface area (Å²) in [5.41, 5.74) is 1.00. The Morgan fingerprint density at radius 1 is 1.05 bits per heavy atom. The average molecular weight is 576 g/mol. The number of aromatic nitrogens is 2. The smallest absolute Gasteiger partial charge is 0.295 e. The van der Waals surface area contributed by atoms with Crippen LogP contribution in [0.15, 0.2) is 60.7 Å². The molecule has 0 spiro atoms. The number of imidazole rings is 1. The Labute approximate surface area is 245 Å². The normalized spacial score (nSPS) is 17.6. The van der Waals surface area contributed by atoms with Crippen molar-refractivity contribution in [3.8, 4) is 23.0 Å². The highest BCUT2D eigenvalue weighted by atomic mass is 16.6. The van der Waals surface area contributed by atoms with Crippen LogP contribution in [0.1, 0.15) is 50.8 Å². The van der Waals surface area contributed by atoms with Crippen LogP contribution in [0.2, 0.25) is 0 Å². The van der Waals surface area contributed by atoms with E-state index in [1.807, 2.05) is 23.8 Å². The van der Waals surface area contributed by atoms with Crippen LogP contribution in [0, 0.1) is 5.92 Å². The highest BCUT2D eigenvalue weighted by Gasteiger charge is 2.46. The van der Waals surface area contributed by atoms with Crippen LogP contribution >= 0.6 is 0 Å². The van der Waals surface area contributed by atoms with Crippen molar-refractivity contribution in [3.63, 3.8) is 0 Å². The number of fused-ring (bicyclic) bond motifs is 1. The fraction of sp³-hybridized carbons (Fsp3) is 0.406. The molecule has 0 aliphatic carbocycles. The molecule has 1 saturated heterocycles. The highest BCUT2D eigenvalue weighted by molar-refractivity contribution is 6.46. The minimum absolute atomic E-state index is 0.00948. The molecule has 3 heterocycles. The third-order valence-corrected chi connectivity index (χ3v) is 7.27. The lowest BCUT2D eigenvalue weighted by Crippen LogP contribution is -2.31. The molecular weight excluding hydrogens is 538 g/mol. The number of aliphatic hydroxyl groups excluding tert-OH is 1. The minimum atomic E-state index is -0.829. The summed E-state index contributed by atoms with van der Waals surface area (Å²) < 4.78 is 25.2. The average Bonchev–Trinajstić information content (AvgIpc) is 3.59. The Bertz CT molecular complexity index is 1450. The van der Waals surface area contributed by atoms with Crippen molar-refractivity contribution in [2.45, 2.75) is 46.2 Å². The molecule has 1 fully saturated rings. The van der Waals surface area contributed by atoms with E-state index in [-0.39, 0.29) is 11.3 Å². The first-order valence-electron chi connectivity index (χ1n) is 14.4. The Balaban J connectivity index is 1.53. The van der Waals surface area contributed by atoms with Gasteiger partial charge < -0.3 is 33.5 Å². The number of ketones is 1. The maximum atomic E-state index is 13.5. The molecule has 0 radical (unpaired) electrons. The largest absolute Gasteiger partial charge is 0.507 e. The van der Waals surface area contributed by atoms with E-state index in [0.29, 0.717) is 86.0 Å². The number of hydrogen-bond donors (Lipinski definition) is 1. The van der Waals surface area contributed by atoms with Gasteiger partial charge in [0.25, 0.3) is 11.7 Å². The molecule has 1 aromatic heterocycles. The van der Waals surface area contributed by atoms with Crippen LogP contribution in [-0.4, -0.2) is 64.2 Å². The predicted molar refractivity (Wildman–Crippen MR) is 156 cm³/mol. The lowest BCUT2D eigenvalue weighted by molar-refractivity contribution is -0.139. The standard InChI is InChI=1S/C32H37N3O7/c1-4-39-26-18-22(6-8-24(26)40-15-10-21(2)3)29-28(30(36)23-7-9-25-27(19-23)42-17-16-41-25)31(37)32(38)35(29)13-5-12-34-14-11-33-20-34/h6-9,11,14,18-21,29,36H,4-5,10,12-13,15-17H2,1-3H3/t29-/m1/s1. The number of benzene rings is 2. The summed E-state index contributed by atoms with van der Waals surface area (Å²) in [4.78, 5) is 32.6. The number of aryl methyl sites for hydroxylation is 1. The van der Waals surface area contributed by atoms with Crippen LogP contribution in [0.5, 0.6) is 23.0 Å². The molecule has 2 aromatic carbocycles. The van der Waals surface area contributed by atoms with Gasteiger partial charge >= 0.3 is 0 Å². The van der Waals surface area contributed by atoms with Gasteiger partial charge in [-0.25, -0.2) is 4.98 Å². The number of carbonyl (C=O) groups excluding carboxylic acids is 2. The SMILES string of the molecule is CCOc1cc([C@@H]2C(=C(O)c3ccc4c(c3)OCCO4)C(=O)C(=O)N2CCCn2ccnc2)ccc1OCCC(C)C. The molecule has 222 valence electrons. The Hall–Kier alpha value is -4.47. The van der Waals surface area contributed by atoms with Gasteiger partial charge in [-0.05, 0) is 61.6 Å². The second-order valence-corrected chi connectivity index (χ2v) is 10.7. The number of rotatable bonds is 12. The topological polar surface area (TPSA) is 112 Å². The molecule has 10 heteroatoms. The molecule has 0 unspecified atom stereocenters. The summed E-state index contributed by atoms with van der Waals surface area (Å²) in [6, 6.07) is 9.57. The Morgan fingerprint density at radius 3 is 2.60 bits per heavy atom. The summed E-state index contributed by atoms with van der Waals surface area (Å²) in [6.07, 6.45) is 6.72. The van der Waals surface area contributed by atoms with E-state index in [4.69, 9.17) is 18.9 Å². The van der Waals surface area contributed by atoms with Crippen molar-refractivity contribution in [2.75, 3.05) is 33.0 Å². The van der Waals surface area contributed by atoms with Gasteiger partial charge in [0.1, 0.15) is 19.0 Å². The van der Waals surface area contributed by atoms with E-state index < -0.39 is 17.7 Å². The van der Waals surface area contributed by atoms with Gasteiger partial charge in [0.2, 0.25) is 0 Å². The molecule has 10 nitrogen and oxygen atoms in total. The van der Waals surface area contributed by atoms with Gasteiger partial charge in [-0.3, -0.25) is 9.59 Å². The number of Topliss-reactive ketones (excluding diaryl/α,β-unsaturated/α-hetero) is 1. The maximum absolute atomic E-state index is 13.5. The number of carbonyl (C=O) groups is 2. The zero-order valence-corrected chi connectivity index (χ0v) is 24.2. The van der Waals surface area contributed by atoms with E-state index in [1.54, 1.807) is 42.9 Å². The number of hydrogen-bond acceptors (Lipinski definition) is 8. The van der Waals surface area contributed by atoms with E-state index in [1.165, 1.54) is 4.90 Å². The summed E-state index contributed by atoms with van der Waals surface area (Å²) >= 11 is 0. The number of likely N-dealkylation sites (tertiary alicyclic amines) is 1. The van der Waals surface area contributed by atoms with Crippen LogP contribution in [0.25, 0.3) is 5.76 Å². The first-order valence-corrected chi connectivity index (χ1v) is 14.4. The van der Waals surface area contributed by atoms with Crippen molar-refractivity contribution in [1.29, 1.82) is 0 Å². The van der Waals surface area contributed by atoms with Gasteiger partial charge in [-0.2, -0.15) is 0 Å². The van der Waals surface area contributed by atoms with Crippen LogP contribution in [0.4, 0.5) is 0 Å². The lowest BCUT2D eigenvalue weighted by Gasteiger charge is -2.26. The first-order chi connectivity index (χ1) is 20.4. The van der Waals surface area contributed by atoms with E-state index in [9.17, 15) is 14.7 Å². The number of aliphatic hydroxyl groups is 1. The molecule has 0 saturated carbocycles. The molecular formula is C32H37N3O7. The molecule has 2 aliphatic heterocycles. The third kappa shape index (κ3) is 6.22. The molecule has 3 aromatic rings. The minimum Gasteiger partial charge on any atom is -0.507 e. The number of amides is 1. The lowest BCUT2D eigenvalue weighted by atomic mass is 9.94. The summed E-state index contributed by atoms with van der Waals surface area (Å²) in [6.45, 7) is 8.81. The predicted octanol–water partition coefficient (Wildman–Crippen LogP) is 4.99. The fourth-order valence-corrected chi connectivity index (χ4v) is 5.13. The van der Waals surface area contributed by atoms with Crippen molar-refractivity contribution in [3.05, 3.63) is 71.8 Å². The second kappa shape index (κ2) is 13.0. The number of nitrogens with zero attached hydrogens (tertiary/aromatic N) is 3. The second-order valence-electron chi connectivity index (χ2n) is 10.7. The van der Waals surface area contributed by atoms with Crippen LogP contribution < -0.4 is 18.9 Å². The van der Waals surface area contributed by atoms with E-state index in [2.05, 4.69) is 18.8 Å². The van der Waals surface area contributed by atoms with Gasteiger partial charge in [-0.15, -0.1) is 0 Å². The summed E-state index contributed by atoms with van der Waals surface area (Å²) in [5, 5.41) is 11.5. The van der Waals surface area contributed by atoms with E-state index >= 15 is 0 Å². The Kier molecular flexibility index (Phi) is 9.00. The molecule has 42 heavy (non-hydrogen) atoms. The molecule has 1 amide bonds. The highest BCUT2D eigenvalue weighted by Crippen LogP contribution is 2.43. The molecule has 0 bridgehead atoms. The number of ether oxygens (including phenoxy) is 4. The Morgan fingerprint density at radius 2 is 1.86 bits per heavy atom.